The molecule has 0 atom stereocenters. The van der Waals surface area contributed by atoms with Crippen LogP contribution in [0.2, 0.25) is 0 Å². The van der Waals surface area contributed by atoms with Gasteiger partial charge in [0.2, 0.25) is 0 Å². The van der Waals surface area contributed by atoms with Gasteiger partial charge in [0.1, 0.15) is 11.6 Å². The van der Waals surface area contributed by atoms with Crippen LogP contribution in [0.15, 0.2) is 30.5 Å². The van der Waals surface area contributed by atoms with E-state index in [0.717, 1.165) is 11.0 Å². The molecule has 0 fully saturated rings. The van der Waals surface area contributed by atoms with E-state index < -0.39 is 0 Å². The second-order valence-electron chi connectivity index (χ2n) is 4.10. The van der Waals surface area contributed by atoms with Crippen molar-refractivity contribution in [1.82, 2.24) is 14.5 Å². The molecule has 4 nitrogen and oxygen atoms in total. The number of hydrogen-bond donors (Lipinski definition) is 0. The van der Waals surface area contributed by atoms with Crippen LogP contribution in [0.3, 0.4) is 0 Å². The number of imidazole rings is 1. The van der Waals surface area contributed by atoms with Crippen molar-refractivity contribution in [3.8, 4) is 6.07 Å². The molecule has 2 rings (SSSR count). The maximum absolute atomic E-state index is 9.18. The summed E-state index contributed by atoms with van der Waals surface area (Å²) in [5.41, 5.74) is 2.50. The molecule has 0 N–H and O–H groups in total. The first-order chi connectivity index (χ1) is 8.13. The van der Waals surface area contributed by atoms with Crippen LogP contribution in [-0.4, -0.2) is 28.5 Å². The first kappa shape index (κ1) is 11.2. The summed E-state index contributed by atoms with van der Waals surface area (Å²) < 4.78 is 1.94. The lowest BCUT2D eigenvalue weighted by Crippen LogP contribution is -2.04. The zero-order chi connectivity index (χ0) is 12.4. The predicted molar refractivity (Wildman–Crippen MR) is 68.0 cm³/mol. The Morgan fingerprint density at radius 3 is 2.71 bits per heavy atom. The molecule has 0 aliphatic rings. The molecule has 0 radical (unpaired) electrons. The summed E-state index contributed by atoms with van der Waals surface area (Å²) in [4.78, 5) is 6.33. The third-order valence-corrected chi connectivity index (χ3v) is 2.54. The number of hydrogen-bond acceptors (Lipinski definition) is 3. The number of fused-ring (bicyclic) bond motifs is 1. The van der Waals surface area contributed by atoms with E-state index in [9.17, 15) is 5.26 Å². The number of allylic oxidation sites excluding steroid dienone is 1. The largest absolute Gasteiger partial charge is 0.382 e. The van der Waals surface area contributed by atoms with Crippen molar-refractivity contribution in [2.24, 2.45) is 7.05 Å². The van der Waals surface area contributed by atoms with E-state index in [2.05, 4.69) is 11.1 Å². The Labute approximate surface area is 100 Å². The molecule has 0 aliphatic carbocycles. The van der Waals surface area contributed by atoms with E-state index in [1.165, 1.54) is 0 Å². The Hall–Kier alpha value is -2.28. The lowest BCUT2D eigenvalue weighted by Gasteiger charge is -2.06. The third kappa shape index (κ3) is 2.00. The van der Waals surface area contributed by atoms with Crippen molar-refractivity contribution < 1.29 is 0 Å². The number of nitrogens with zero attached hydrogens (tertiary/aromatic N) is 4. The Kier molecular flexibility index (Phi) is 2.84. The van der Waals surface area contributed by atoms with E-state index in [-0.39, 0.29) is 0 Å². The number of para-hydroxylation sites is 2. The Morgan fingerprint density at radius 1 is 1.41 bits per heavy atom. The van der Waals surface area contributed by atoms with Crippen molar-refractivity contribution in [3.63, 3.8) is 0 Å². The first-order valence-electron chi connectivity index (χ1n) is 5.33. The van der Waals surface area contributed by atoms with Crippen LogP contribution in [0.4, 0.5) is 0 Å². The molecule has 4 heteroatoms. The average molecular weight is 226 g/mol. The van der Waals surface area contributed by atoms with E-state index in [4.69, 9.17) is 0 Å². The van der Waals surface area contributed by atoms with Crippen molar-refractivity contribution >= 4 is 16.6 Å². The molecular formula is C13H14N4. The Bertz CT molecular complexity index is 614. The summed E-state index contributed by atoms with van der Waals surface area (Å²) in [7, 11) is 5.70. The molecule has 0 amide bonds. The second kappa shape index (κ2) is 4.30. The highest BCUT2D eigenvalue weighted by molar-refractivity contribution is 5.82. The van der Waals surface area contributed by atoms with Crippen LogP contribution in [0.1, 0.15) is 5.82 Å². The predicted octanol–water partition coefficient (Wildman–Crippen LogP) is 2.00. The van der Waals surface area contributed by atoms with Gasteiger partial charge in [0.15, 0.2) is 5.82 Å². The average Bonchev–Trinajstić information content (AvgIpc) is 2.64. The highest BCUT2D eigenvalue weighted by Gasteiger charge is 2.11. The zero-order valence-electron chi connectivity index (χ0n) is 10.2. The quantitative estimate of drug-likeness (QED) is 0.736. The number of benzene rings is 1. The molecule has 1 heterocycles. The summed E-state index contributed by atoms with van der Waals surface area (Å²) in [6, 6.07) is 10.0. The topological polar surface area (TPSA) is 44.9 Å². The van der Waals surface area contributed by atoms with Gasteiger partial charge in [0.25, 0.3) is 0 Å². The minimum Gasteiger partial charge on any atom is -0.382 e. The lowest BCUT2D eigenvalue weighted by atomic mass is 10.3. The fourth-order valence-corrected chi connectivity index (χ4v) is 1.78. The van der Waals surface area contributed by atoms with Crippen LogP contribution >= 0.6 is 0 Å². The normalized spacial score (nSPS) is 11.5. The van der Waals surface area contributed by atoms with Gasteiger partial charge in [-0.05, 0) is 12.1 Å². The highest BCUT2D eigenvalue weighted by Crippen LogP contribution is 2.19. The van der Waals surface area contributed by atoms with Crippen LogP contribution in [0, 0.1) is 11.3 Å². The standard InChI is InChI=1S/C13H14N4/c1-16(2)9-10(8-14)13-15-11-6-4-5-7-12(11)17(13)3/h4-7,9H,1-3H3/b10-9+. The van der Waals surface area contributed by atoms with Crippen LogP contribution in [0.25, 0.3) is 16.6 Å². The summed E-state index contributed by atoms with van der Waals surface area (Å²) in [6.07, 6.45) is 1.78. The van der Waals surface area contributed by atoms with Gasteiger partial charge in [0.05, 0.1) is 11.0 Å². The molecule has 0 spiro atoms. The number of rotatable bonds is 2. The maximum atomic E-state index is 9.18. The van der Waals surface area contributed by atoms with E-state index in [0.29, 0.717) is 11.4 Å². The molecule has 0 saturated heterocycles. The van der Waals surface area contributed by atoms with Gasteiger partial charge >= 0.3 is 0 Å². The van der Waals surface area contributed by atoms with Crippen LogP contribution in [0.5, 0.6) is 0 Å². The zero-order valence-corrected chi connectivity index (χ0v) is 10.2. The van der Waals surface area contributed by atoms with Crippen LogP contribution < -0.4 is 0 Å². The van der Waals surface area contributed by atoms with Crippen molar-refractivity contribution in [3.05, 3.63) is 36.3 Å². The van der Waals surface area contributed by atoms with Gasteiger partial charge in [-0.1, -0.05) is 12.1 Å². The second-order valence-corrected chi connectivity index (χ2v) is 4.10. The molecule has 0 aliphatic heterocycles. The molecular weight excluding hydrogens is 212 g/mol. The fraction of sp³-hybridized carbons (Fsp3) is 0.231. The van der Waals surface area contributed by atoms with E-state index in [1.54, 1.807) is 6.20 Å². The summed E-state index contributed by atoms with van der Waals surface area (Å²) >= 11 is 0. The molecule has 86 valence electrons. The van der Waals surface area contributed by atoms with Crippen molar-refractivity contribution in [2.75, 3.05) is 14.1 Å². The summed E-state index contributed by atoms with van der Waals surface area (Å²) in [5, 5.41) is 9.18. The number of aryl methyl sites for hydroxylation is 1. The van der Waals surface area contributed by atoms with Gasteiger partial charge < -0.3 is 9.47 Å². The van der Waals surface area contributed by atoms with Gasteiger partial charge in [0, 0.05) is 27.3 Å². The van der Waals surface area contributed by atoms with Gasteiger partial charge in [-0.3, -0.25) is 0 Å². The fourth-order valence-electron chi connectivity index (χ4n) is 1.78. The first-order valence-corrected chi connectivity index (χ1v) is 5.33. The van der Waals surface area contributed by atoms with Gasteiger partial charge in [-0.15, -0.1) is 0 Å². The van der Waals surface area contributed by atoms with Gasteiger partial charge in [-0.25, -0.2) is 4.98 Å². The molecule has 2 aromatic rings. The Balaban J connectivity index is 2.64. The molecule has 1 aromatic heterocycles. The smallest absolute Gasteiger partial charge is 0.153 e. The minimum absolute atomic E-state index is 0.564. The van der Waals surface area contributed by atoms with E-state index in [1.807, 2.05) is 54.9 Å². The number of aromatic nitrogens is 2. The van der Waals surface area contributed by atoms with Crippen LogP contribution in [-0.2, 0) is 7.05 Å². The van der Waals surface area contributed by atoms with E-state index >= 15 is 0 Å². The molecule has 0 unspecified atom stereocenters. The molecule has 17 heavy (non-hydrogen) atoms. The SMILES string of the molecule is CN(C)/C=C(\C#N)c1nc2ccccc2n1C. The molecule has 0 saturated carbocycles. The molecule has 0 bridgehead atoms. The monoisotopic (exact) mass is 226 g/mol. The van der Waals surface area contributed by atoms with Crippen molar-refractivity contribution in [2.45, 2.75) is 0 Å². The maximum Gasteiger partial charge on any atom is 0.153 e. The molecule has 1 aromatic carbocycles. The summed E-state index contributed by atoms with van der Waals surface area (Å²) in [5.74, 6) is 0.697. The number of nitriles is 1. The minimum atomic E-state index is 0.564. The Morgan fingerprint density at radius 2 is 2.12 bits per heavy atom. The lowest BCUT2D eigenvalue weighted by molar-refractivity contribution is 0.565. The highest BCUT2D eigenvalue weighted by atomic mass is 15.1. The summed E-state index contributed by atoms with van der Waals surface area (Å²) in [6.45, 7) is 0. The van der Waals surface area contributed by atoms with Crippen molar-refractivity contribution in [1.29, 1.82) is 5.26 Å². The third-order valence-electron chi connectivity index (χ3n) is 2.54. The van der Waals surface area contributed by atoms with Gasteiger partial charge in [-0.2, -0.15) is 5.26 Å².